The molecule has 5 heteroatoms. The number of hydrogen-bond donors (Lipinski definition) is 1. The van der Waals surface area contributed by atoms with Gasteiger partial charge < -0.3 is 10.0 Å². The molecule has 1 aromatic heterocycles. The third-order valence-corrected chi connectivity index (χ3v) is 5.82. The molecule has 2 heterocycles. The topological polar surface area (TPSA) is 57.6 Å². The van der Waals surface area contributed by atoms with E-state index in [1.807, 2.05) is 48.7 Å². The highest BCUT2D eigenvalue weighted by atomic mass is 32.1. The van der Waals surface area contributed by atoms with Crippen LogP contribution in [0, 0.1) is 6.92 Å². The summed E-state index contributed by atoms with van der Waals surface area (Å²) in [5.41, 5.74) is 1.43. The Balaban J connectivity index is 1.68. The number of Topliss-reactive ketones (excluding diaryl/α,β-unsaturated/α-hetero) is 1. The first-order chi connectivity index (χ1) is 13.0. The summed E-state index contributed by atoms with van der Waals surface area (Å²) >= 11 is 1.31. The van der Waals surface area contributed by atoms with Crippen LogP contribution in [-0.2, 0) is 16.9 Å². The fourth-order valence-corrected chi connectivity index (χ4v) is 4.13. The molecule has 3 aromatic rings. The summed E-state index contributed by atoms with van der Waals surface area (Å²) in [7, 11) is 0. The smallest absolute Gasteiger partial charge is 0.264 e. The molecule has 136 valence electrons. The van der Waals surface area contributed by atoms with Gasteiger partial charge in [0.05, 0.1) is 23.5 Å². The number of thiophene rings is 1. The second-order valence-electron chi connectivity index (χ2n) is 6.83. The minimum atomic E-state index is -1.83. The van der Waals surface area contributed by atoms with Crippen LogP contribution in [0.4, 0.5) is 5.69 Å². The van der Waals surface area contributed by atoms with Crippen LogP contribution in [0.15, 0.2) is 66.0 Å². The van der Waals surface area contributed by atoms with Crippen molar-refractivity contribution in [3.8, 4) is 0 Å². The van der Waals surface area contributed by atoms with Gasteiger partial charge in [0.1, 0.15) is 0 Å². The Kier molecular flexibility index (Phi) is 4.42. The molecule has 0 radical (unpaired) electrons. The second-order valence-corrected chi connectivity index (χ2v) is 7.78. The summed E-state index contributed by atoms with van der Waals surface area (Å²) < 4.78 is 0. The average Bonchev–Trinajstić information content (AvgIpc) is 3.27. The van der Waals surface area contributed by atoms with Gasteiger partial charge in [-0.25, -0.2) is 0 Å². The molecule has 0 bridgehead atoms. The number of aliphatic hydroxyl groups is 1. The number of para-hydroxylation sites is 1. The molecule has 0 saturated heterocycles. The van der Waals surface area contributed by atoms with Crippen molar-refractivity contribution in [2.45, 2.75) is 25.5 Å². The standard InChI is InChI=1S/C22H19NO3S/c1-15-8-10-16(11-9-15)14-23-18-6-3-2-5-17(18)22(26,21(23)25)13-19(24)20-7-4-12-27-20/h2-12,26H,13-14H2,1H3. The summed E-state index contributed by atoms with van der Waals surface area (Å²) in [6.07, 6.45) is -0.256. The summed E-state index contributed by atoms with van der Waals surface area (Å²) in [5, 5.41) is 13.1. The molecule has 1 N–H and O–H groups in total. The molecular formula is C22H19NO3S. The maximum atomic E-state index is 13.2. The summed E-state index contributed by atoms with van der Waals surface area (Å²) in [5.74, 6) is -0.679. The number of carbonyl (C=O) groups is 2. The van der Waals surface area contributed by atoms with E-state index in [2.05, 4.69) is 0 Å². The lowest BCUT2D eigenvalue weighted by Crippen LogP contribution is -2.41. The number of hydrogen-bond acceptors (Lipinski definition) is 4. The van der Waals surface area contributed by atoms with Gasteiger partial charge in [-0.1, -0.05) is 54.1 Å². The first-order valence-electron chi connectivity index (χ1n) is 8.75. The first-order valence-corrected chi connectivity index (χ1v) is 9.63. The zero-order valence-electron chi connectivity index (χ0n) is 14.9. The van der Waals surface area contributed by atoms with E-state index < -0.39 is 11.5 Å². The van der Waals surface area contributed by atoms with Gasteiger partial charge in [-0.3, -0.25) is 9.59 Å². The highest BCUT2D eigenvalue weighted by Crippen LogP contribution is 2.43. The normalized spacial score (nSPS) is 18.6. The molecule has 1 amide bonds. The molecular weight excluding hydrogens is 358 g/mol. The number of benzene rings is 2. The van der Waals surface area contributed by atoms with Gasteiger partial charge in [0.25, 0.3) is 5.91 Å². The number of ketones is 1. The van der Waals surface area contributed by atoms with E-state index in [0.29, 0.717) is 22.7 Å². The molecule has 1 aliphatic rings. The Bertz CT molecular complexity index is 995. The van der Waals surface area contributed by atoms with Crippen LogP contribution in [-0.4, -0.2) is 16.8 Å². The van der Waals surface area contributed by atoms with Crippen molar-refractivity contribution >= 4 is 28.7 Å². The molecule has 4 rings (SSSR count). The van der Waals surface area contributed by atoms with E-state index in [-0.39, 0.29) is 12.2 Å². The molecule has 0 fully saturated rings. The van der Waals surface area contributed by atoms with Gasteiger partial charge >= 0.3 is 0 Å². The highest BCUT2D eigenvalue weighted by Gasteiger charge is 2.50. The molecule has 1 unspecified atom stereocenters. The van der Waals surface area contributed by atoms with Crippen molar-refractivity contribution in [2.24, 2.45) is 0 Å². The fourth-order valence-electron chi connectivity index (χ4n) is 3.47. The monoisotopic (exact) mass is 377 g/mol. The maximum Gasteiger partial charge on any atom is 0.264 e. The van der Waals surface area contributed by atoms with Crippen molar-refractivity contribution in [3.63, 3.8) is 0 Å². The lowest BCUT2D eigenvalue weighted by atomic mass is 9.89. The Morgan fingerprint density at radius 2 is 1.81 bits per heavy atom. The van der Waals surface area contributed by atoms with Crippen molar-refractivity contribution < 1.29 is 14.7 Å². The van der Waals surface area contributed by atoms with Gasteiger partial charge in [-0.2, -0.15) is 0 Å². The van der Waals surface area contributed by atoms with Crippen LogP contribution < -0.4 is 4.90 Å². The van der Waals surface area contributed by atoms with Crippen molar-refractivity contribution in [1.82, 2.24) is 0 Å². The van der Waals surface area contributed by atoms with Gasteiger partial charge in [-0.15, -0.1) is 11.3 Å². The predicted molar refractivity (Wildman–Crippen MR) is 106 cm³/mol. The summed E-state index contributed by atoms with van der Waals surface area (Å²) in [6.45, 7) is 2.36. The van der Waals surface area contributed by atoms with Crippen molar-refractivity contribution in [1.29, 1.82) is 0 Å². The number of nitrogens with zero attached hydrogens (tertiary/aromatic N) is 1. The van der Waals surface area contributed by atoms with Gasteiger partial charge in [-0.05, 0) is 30.0 Å². The second kappa shape index (κ2) is 6.76. The lowest BCUT2D eigenvalue weighted by Gasteiger charge is -2.22. The number of aryl methyl sites for hydroxylation is 1. The van der Waals surface area contributed by atoms with E-state index in [4.69, 9.17) is 0 Å². The summed E-state index contributed by atoms with van der Waals surface area (Å²) in [4.78, 5) is 27.9. The lowest BCUT2D eigenvalue weighted by molar-refractivity contribution is -0.136. The van der Waals surface area contributed by atoms with E-state index in [0.717, 1.165) is 11.1 Å². The van der Waals surface area contributed by atoms with E-state index in [1.165, 1.54) is 11.3 Å². The maximum absolute atomic E-state index is 13.2. The Morgan fingerprint density at radius 3 is 2.52 bits per heavy atom. The predicted octanol–water partition coefficient (Wildman–Crippen LogP) is 4.06. The Morgan fingerprint density at radius 1 is 1.07 bits per heavy atom. The molecule has 1 aliphatic heterocycles. The molecule has 27 heavy (non-hydrogen) atoms. The number of anilines is 1. The van der Waals surface area contributed by atoms with Crippen molar-refractivity contribution in [2.75, 3.05) is 4.90 Å². The number of carbonyl (C=O) groups excluding carboxylic acids is 2. The zero-order chi connectivity index (χ0) is 19.0. The van der Waals surface area contributed by atoms with Crippen LogP contribution in [0.3, 0.4) is 0 Å². The molecule has 0 aliphatic carbocycles. The average molecular weight is 377 g/mol. The Hall–Kier alpha value is -2.76. The van der Waals surface area contributed by atoms with Gasteiger partial charge in [0.2, 0.25) is 0 Å². The van der Waals surface area contributed by atoms with Crippen LogP contribution in [0.2, 0.25) is 0 Å². The third kappa shape index (κ3) is 3.09. The van der Waals surface area contributed by atoms with E-state index >= 15 is 0 Å². The zero-order valence-corrected chi connectivity index (χ0v) is 15.7. The molecule has 0 saturated carbocycles. The van der Waals surface area contributed by atoms with E-state index in [9.17, 15) is 14.7 Å². The van der Waals surface area contributed by atoms with Crippen LogP contribution in [0.5, 0.6) is 0 Å². The summed E-state index contributed by atoms with van der Waals surface area (Å²) in [6, 6.07) is 18.6. The van der Waals surface area contributed by atoms with Gasteiger partial charge in [0, 0.05) is 5.56 Å². The van der Waals surface area contributed by atoms with Gasteiger partial charge in [0.15, 0.2) is 11.4 Å². The SMILES string of the molecule is Cc1ccc(CN2C(=O)C(O)(CC(=O)c3cccs3)c3ccccc32)cc1. The van der Waals surface area contributed by atoms with Crippen molar-refractivity contribution in [3.05, 3.63) is 87.6 Å². The highest BCUT2D eigenvalue weighted by molar-refractivity contribution is 7.12. The molecule has 4 nitrogen and oxygen atoms in total. The minimum absolute atomic E-state index is 0.229. The third-order valence-electron chi connectivity index (χ3n) is 4.91. The van der Waals surface area contributed by atoms with Crippen LogP contribution in [0.1, 0.15) is 32.8 Å². The fraction of sp³-hybridized carbons (Fsp3) is 0.182. The molecule has 1 atom stereocenters. The first kappa shape index (κ1) is 17.6. The number of rotatable bonds is 5. The number of amides is 1. The van der Waals surface area contributed by atoms with Crippen LogP contribution >= 0.6 is 11.3 Å². The minimum Gasteiger partial charge on any atom is -0.375 e. The largest absolute Gasteiger partial charge is 0.375 e. The quantitative estimate of drug-likeness (QED) is 0.682. The Labute approximate surface area is 161 Å². The molecule has 0 spiro atoms. The van der Waals surface area contributed by atoms with E-state index in [1.54, 1.807) is 29.2 Å². The molecule has 2 aromatic carbocycles. The number of fused-ring (bicyclic) bond motifs is 1. The van der Waals surface area contributed by atoms with Crippen LogP contribution in [0.25, 0.3) is 0 Å².